The summed E-state index contributed by atoms with van der Waals surface area (Å²) in [5.41, 5.74) is 7.08. The second-order valence-electron chi connectivity index (χ2n) is 3.09. The Kier molecular flexibility index (Phi) is 2.88. The first-order valence-corrected chi connectivity index (χ1v) is 4.63. The fourth-order valence-electron chi connectivity index (χ4n) is 1.22. The highest BCUT2D eigenvalue weighted by Crippen LogP contribution is 2.10. The van der Waals surface area contributed by atoms with Gasteiger partial charge in [-0.25, -0.2) is 0 Å². The molecule has 0 saturated heterocycles. The molecule has 0 atom stereocenters. The fourth-order valence-corrected chi connectivity index (χ4v) is 1.22. The molecule has 0 unspecified atom stereocenters. The lowest BCUT2D eigenvalue weighted by molar-refractivity contribution is 0.101. The molecule has 0 aliphatic rings. The van der Waals surface area contributed by atoms with Gasteiger partial charge in [-0.2, -0.15) is 5.21 Å². The monoisotopic (exact) mass is 218 g/mol. The molecule has 2 aromatic rings. The van der Waals surface area contributed by atoms with Gasteiger partial charge >= 0.3 is 0 Å². The molecule has 2 rings (SSSR count). The zero-order valence-electron chi connectivity index (χ0n) is 8.34. The molecule has 7 heteroatoms. The lowest BCUT2D eigenvalue weighted by atomic mass is 10.2. The van der Waals surface area contributed by atoms with Crippen LogP contribution in [0.5, 0.6) is 0 Å². The van der Waals surface area contributed by atoms with E-state index < -0.39 is 5.91 Å². The maximum atomic E-state index is 11.5. The van der Waals surface area contributed by atoms with Gasteiger partial charge in [0.15, 0.2) is 0 Å². The Balaban J connectivity index is 2.12. The molecule has 1 heterocycles. The number of H-pyrrole nitrogens is 1. The molecule has 0 fully saturated rings. The lowest BCUT2D eigenvalue weighted by Gasteiger charge is -2.03. The molecule has 82 valence electrons. The highest BCUT2D eigenvalue weighted by molar-refractivity contribution is 6.01. The van der Waals surface area contributed by atoms with Crippen LogP contribution < -0.4 is 11.1 Å². The van der Waals surface area contributed by atoms with Crippen molar-refractivity contribution in [3.8, 4) is 0 Å². The van der Waals surface area contributed by atoms with Crippen molar-refractivity contribution in [3.63, 3.8) is 0 Å². The topological polar surface area (TPSA) is 110 Å². The molecule has 0 radical (unpaired) electrons. The van der Waals surface area contributed by atoms with Crippen LogP contribution in [-0.2, 0) is 6.54 Å². The summed E-state index contributed by atoms with van der Waals surface area (Å²) >= 11 is 0. The Morgan fingerprint density at radius 1 is 1.50 bits per heavy atom. The van der Waals surface area contributed by atoms with E-state index in [1.807, 2.05) is 12.1 Å². The standard InChI is InChI=1S/C9H10N6O/c10-5-6-2-1-3-7(4-6)11-9(16)8-12-14-15-13-8/h1-4H,5,10H2,(H,11,16)(H,12,13,14,15). The van der Waals surface area contributed by atoms with Gasteiger partial charge in [0.2, 0.25) is 0 Å². The van der Waals surface area contributed by atoms with Crippen LogP contribution in [0.15, 0.2) is 24.3 Å². The number of aromatic amines is 1. The molecule has 0 bridgehead atoms. The highest BCUT2D eigenvalue weighted by Gasteiger charge is 2.10. The van der Waals surface area contributed by atoms with Gasteiger partial charge in [-0.05, 0) is 22.9 Å². The number of nitrogens with zero attached hydrogens (tertiary/aromatic N) is 3. The van der Waals surface area contributed by atoms with Crippen LogP contribution in [0.25, 0.3) is 0 Å². The van der Waals surface area contributed by atoms with Crippen LogP contribution in [0.2, 0.25) is 0 Å². The highest BCUT2D eigenvalue weighted by atomic mass is 16.2. The van der Waals surface area contributed by atoms with Crippen molar-refractivity contribution in [2.24, 2.45) is 5.73 Å². The Hall–Kier alpha value is -2.28. The molecule has 1 aromatic heterocycles. The first-order chi connectivity index (χ1) is 7.79. The second-order valence-corrected chi connectivity index (χ2v) is 3.09. The molecule has 0 spiro atoms. The van der Waals surface area contributed by atoms with E-state index in [1.54, 1.807) is 12.1 Å². The number of tetrazole rings is 1. The summed E-state index contributed by atoms with van der Waals surface area (Å²) in [5, 5.41) is 15.3. The molecule has 1 aromatic carbocycles. The van der Waals surface area contributed by atoms with Gasteiger partial charge in [0.1, 0.15) is 0 Å². The minimum atomic E-state index is -0.414. The van der Waals surface area contributed by atoms with Crippen molar-refractivity contribution < 1.29 is 4.79 Å². The summed E-state index contributed by atoms with van der Waals surface area (Å²) < 4.78 is 0. The Bertz CT molecular complexity index is 481. The van der Waals surface area contributed by atoms with E-state index in [0.717, 1.165) is 5.56 Å². The van der Waals surface area contributed by atoms with Gasteiger partial charge < -0.3 is 11.1 Å². The number of carbonyl (C=O) groups is 1. The summed E-state index contributed by atoms with van der Waals surface area (Å²) in [5.74, 6) is -0.416. The van der Waals surface area contributed by atoms with Crippen molar-refractivity contribution in [1.29, 1.82) is 0 Å². The summed E-state index contributed by atoms with van der Waals surface area (Å²) in [6, 6.07) is 7.24. The van der Waals surface area contributed by atoms with Crippen molar-refractivity contribution in [2.75, 3.05) is 5.32 Å². The quantitative estimate of drug-likeness (QED) is 0.667. The van der Waals surface area contributed by atoms with Gasteiger partial charge in [0, 0.05) is 12.2 Å². The zero-order valence-corrected chi connectivity index (χ0v) is 8.34. The number of anilines is 1. The number of aromatic nitrogens is 4. The third kappa shape index (κ3) is 2.20. The molecule has 0 aliphatic carbocycles. The Labute approximate surface area is 91.0 Å². The molecule has 1 amide bonds. The van der Waals surface area contributed by atoms with Gasteiger partial charge in [-0.15, -0.1) is 10.2 Å². The van der Waals surface area contributed by atoms with Gasteiger partial charge in [0.05, 0.1) is 0 Å². The summed E-state index contributed by atoms with van der Waals surface area (Å²) in [6.45, 7) is 0.423. The van der Waals surface area contributed by atoms with E-state index in [4.69, 9.17) is 5.73 Å². The van der Waals surface area contributed by atoms with Crippen LogP contribution >= 0.6 is 0 Å². The first kappa shape index (κ1) is 10.2. The zero-order chi connectivity index (χ0) is 11.4. The number of carbonyl (C=O) groups excluding carboxylic acids is 1. The number of amides is 1. The van der Waals surface area contributed by atoms with Gasteiger partial charge in [0.25, 0.3) is 11.7 Å². The predicted molar refractivity (Wildman–Crippen MR) is 56.5 cm³/mol. The number of nitrogens with two attached hydrogens (primary N) is 1. The van der Waals surface area contributed by atoms with Crippen LogP contribution in [0.4, 0.5) is 5.69 Å². The molecule has 0 aliphatic heterocycles. The van der Waals surface area contributed by atoms with Crippen molar-refractivity contribution in [1.82, 2.24) is 20.6 Å². The maximum Gasteiger partial charge on any atom is 0.297 e. The summed E-state index contributed by atoms with van der Waals surface area (Å²) in [4.78, 5) is 11.5. The molecular formula is C9H10N6O. The number of rotatable bonds is 3. The van der Waals surface area contributed by atoms with Gasteiger partial charge in [-0.3, -0.25) is 4.79 Å². The average Bonchev–Trinajstić information content (AvgIpc) is 2.83. The molecule has 0 saturated carbocycles. The summed E-state index contributed by atoms with van der Waals surface area (Å²) in [6.07, 6.45) is 0. The third-order valence-corrected chi connectivity index (χ3v) is 1.97. The predicted octanol–water partition coefficient (Wildman–Crippen LogP) is -0.0893. The largest absolute Gasteiger partial charge is 0.326 e. The van der Waals surface area contributed by atoms with Crippen LogP contribution in [0.3, 0.4) is 0 Å². The van der Waals surface area contributed by atoms with E-state index in [1.165, 1.54) is 0 Å². The normalized spacial score (nSPS) is 10.1. The van der Waals surface area contributed by atoms with Crippen molar-refractivity contribution in [2.45, 2.75) is 6.54 Å². The minimum absolute atomic E-state index is 0.00171. The smallest absolute Gasteiger partial charge is 0.297 e. The number of hydrogen-bond acceptors (Lipinski definition) is 5. The number of benzene rings is 1. The van der Waals surface area contributed by atoms with E-state index in [9.17, 15) is 4.79 Å². The Morgan fingerprint density at radius 3 is 3.06 bits per heavy atom. The van der Waals surface area contributed by atoms with Crippen molar-refractivity contribution >= 4 is 11.6 Å². The number of nitrogens with one attached hydrogen (secondary N) is 2. The molecular weight excluding hydrogens is 208 g/mol. The minimum Gasteiger partial charge on any atom is -0.326 e. The first-order valence-electron chi connectivity index (χ1n) is 4.63. The molecule has 7 nitrogen and oxygen atoms in total. The van der Waals surface area contributed by atoms with E-state index in [-0.39, 0.29) is 5.82 Å². The van der Waals surface area contributed by atoms with Crippen LogP contribution in [0.1, 0.15) is 16.2 Å². The summed E-state index contributed by atoms with van der Waals surface area (Å²) in [7, 11) is 0. The van der Waals surface area contributed by atoms with Crippen LogP contribution in [0, 0.1) is 0 Å². The second kappa shape index (κ2) is 4.49. The van der Waals surface area contributed by atoms with E-state index in [2.05, 4.69) is 25.9 Å². The fraction of sp³-hybridized carbons (Fsp3) is 0.111. The SMILES string of the molecule is NCc1cccc(NC(=O)c2nn[nH]n2)c1. The average molecular weight is 218 g/mol. The Morgan fingerprint density at radius 2 is 2.38 bits per heavy atom. The van der Waals surface area contributed by atoms with E-state index >= 15 is 0 Å². The van der Waals surface area contributed by atoms with E-state index in [0.29, 0.717) is 12.2 Å². The van der Waals surface area contributed by atoms with Crippen LogP contribution in [-0.4, -0.2) is 26.5 Å². The molecule has 4 N–H and O–H groups in total. The maximum absolute atomic E-state index is 11.5. The third-order valence-electron chi connectivity index (χ3n) is 1.97. The lowest BCUT2D eigenvalue weighted by Crippen LogP contribution is -2.14. The van der Waals surface area contributed by atoms with Gasteiger partial charge in [-0.1, -0.05) is 12.1 Å². The van der Waals surface area contributed by atoms with Crippen molar-refractivity contribution in [3.05, 3.63) is 35.7 Å². The molecule has 16 heavy (non-hydrogen) atoms. The number of hydrogen-bond donors (Lipinski definition) is 3.